The number of benzene rings is 1. The number of hydrogen-bond donors (Lipinski definition) is 1. The van der Waals surface area contributed by atoms with E-state index in [4.69, 9.17) is 0 Å². The minimum absolute atomic E-state index is 0.232. The number of hydrogen-bond acceptors (Lipinski definition) is 2. The largest absolute Gasteiger partial charge is 0.279 e. The highest BCUT2D eigenvalue weighted by molar-refractivity contribution is 5.82. The molecule has 0 bridgehead atoms. The van der Waals surface area contributed by atoms with E-state index >= 15 is 0 Å². The molecule has 0 fully saturated rings. The lowest BCUT2D eigenvalue weighted by atomic mass is 10.2. The van der Waals surface area contributed by atoms with Gasteiger partial charge in [0.2, 0.25) is 0 Å². The van der Waals surface area contributed by atoms with Gasteiger partial charge in [0.15, 0.2) is 0 Å². The molecule has 0 radical (unpaired) electrons. The molecule has 0 aromatic heterocycles. The van der Waals surface area contributed by atoms with Gasteiger partial charge in [0.05, 0.1) is 5.69 Å². The van der Waals surface area contributed by atoms with Crippen molar-refractivity contribution in [1.82, 2.24) is 0 Å². The van der Waals surface area contributed by atoms with Gasteiger partial charge in [-0.25, -0.2) is 4.39 Å². The quantitative estimate of drug-likeness (QED) is 0.576. The third-order valence-corrected chi connectivity index (χ3v) is 1.83. The van der Waals surface area contributed by atoms with E-state index in [9.17, 15) is 4.39 Å². The van der Waals surface area contributed by atoms with Crippen molar-refractivity contribution in [2.45, 2.75) is 26.7 Å². The van der Waals surface area contributed by atoms with Crippen LogP contribution in [0.15, 0.2) is 29.4 Å². The molecule has 1 N–H and O–H groups in total. The molecular formula is C11H15FN2. The summed E-state index contributed by atoms with van der Waals surface area (Å²) in [5, 5.41) is 4.16. The second kappa shape index (κ2) is 5.37. The van der Waals surface area contributed by atoms with E-state index in [-0.39, 0.29) is 5.82 Å². The summed E-state index contributed by atoms with van der Waals surface area (Å²) >= 11 is 0. The van der Waals surface area contributed by atoms with Gasteiger partial charge in [0, 0.05) is 5.71 Å². The number of hydrazone groups is 1. The van der Waals surface area contributed by atoms with Gasteiger partial charge >= 0.3 is 0 Å². The molecule has 1 aromatic carbocycles. The van der Waals surface area contributed by atoms with E-state index in [0.29, 0.717) is 0 Å². The van der Waals surface area contributed by atoms with Crippen molar-refractivity contribution in [1.29, 1.82) is 0 Å². The zero-order valence-corrected chi connectivity index (χ0v) is 8.55. The van der Waals surface area contributed by atoms with Crippen LogP contribution < -0.4 is 5.43 Å². The van der Waals surface area contributed by atoms with Crippen molar-refractivity contribution in [2.75, 3.05) is 5.43 Å². The molecule has 0 heterocycles. The lowest BCUT2D eigenvalue weighted by Crippen LogP contribution is -1.96. The number of anilines is 1. The van der Waals surface area contributed by atoms with Crippen LogP contribution in [0.3, 0.4) is 0 Å². The summed E-state index contributed by atoms with van der Waals surface area (Å²) in [6.07, 6.45) is 2.06. The van der Waals surface area contributed by atoms with E-state index in [1.54, 1.807) is 12.1 Å². The first-order valence-corrected chi connectivity index (χ1v) is 4.77. The van der Waals surface area contributed by atoms with Crippen LogP contribution in [0, 0.1) is 5.82 Å². The summed E-state index contributed by atoms with van der Waals surface area (Å²) in [5.74, 6) is -0.232. The molecule has 2 nitrogen and oxygen atoms in total. The molecule has 0 atom stereocenters. The molecule has 1 aromatic rings. The molecule has 0 aliphatic heterocycles. The van der Waals surface area contributed by atoms with E-state index in [0.717, 1.165) is 24.2 Å². The Bertz CT molecular complexity index is 304. The van der Waals surface area contributed by atoms with Gasteiger partial charge in [-0.15, -0.1) is 0 Å². The van der Waals surface area contributed by atoms with Crippen molar-refractivity contribution < 1.29 is 4.39 Å². The Labute approximate surface area is 83.8 Å². The Morgan fingerprint density at radius 3 is 2.57 bits per heavy atom. The lowest BCUT2D eigenvalue weighted by molar-refractivity contribution is 0.628. The van der Waals surface area contributed by atoms with Crippen LogP contribution in [0.2, 0.25) is 0 Å². The average Bonchev–Trinajstić information content (AvgIpc) is 2.17. The molecule has 0 spiro atoms. The number of halogens is 1. The predicted molar refractivity (Wildman–Crippen MR) is 58.0 cm³/mol. The van der Waals surface area contributed by atoms with Crippen LogP contribution in [0.5, 0.6) is 0 Å². The van der Waals surface area contributed by atoms with Crippen LogP contribution in [-0.2, 0) is 0 Å². The molecule has 0 aliphatic rings. The maximum atomic E-state index is 12.5. The molecule has 0 saturated heterocycles. The normalized spacial score (nSPS) is 11.5. The zero-order valence-electron chi connectivity index (χ0n) is 8.55. The fourth-order valence-corrected chi connectivity index (χ4v) is 1.10. The number of nitrogens with zero attached hydrogens (tertiary/aromatic N) is 1. The maximum Gasteiger partial charge on any atom is 0.123 e. The number of nitrogens with one attached hydrogen (secondary N) is 1. The van der Waals surface area contributed by atoms with Crippen molar-refractivity contribution in [3.63, 3.8) is 0 Å². The molecule has 0 amide bonds. The van der Waals surface area contributed by atoms with Gasteiger partial charge in [-0.1, -0.05) is 13.3 Å². The summed E-state index contributed by atoms with van der Waals surface area (Å²) in [6.45, 7) is 4.08. The minimum Gasteiger partial charge on any atom is -0.279 e. The van der Waals surface area contributed by atoms with E-state index in [2.05, 4.69) is 17.5 Å². The van der Waals surface area contributed by atoms with Crippen LogP contribution in [-0.4, -0.2) is 5.71 Å². The second-order valence-corrected chi connectivity index (χ2v) is 3.22. The summed E-state index contributed by atoms with van der Waals surface area (Å²) in [4.78, 5) is 0. The van der Waals surface area contributed by atoms with Gasteiger partial charge in [-0.3, -0.25) is 5.43 Å². The first-order chi connectivity index (χ1) is 6.72. The first-order valence-electron chi connectivity index (χ1n) is 4.77. The highest BCUT2D eigenvalue weighted by atomic mass is 19.1. The van der Waals surface area contributed by atoms with Gasteiger partial charge in [-0.2, -0.15) is 5.10 Å². The van der Waals surface area contributed by atoms with Gasteiger partial charge in [-0.05, 0) is 37.6 Å². The molecule has 1 rings (SSSR count). The van der Waals surface area contributed by atoms with Crippen molar-refractivity contribution in [2.24, 2.45) is 5.10 Å². The van der Waals surface area contributed by atoms with Crippen LogP contribution in [0.25, 0.3) is 0 Å². The molecule has 3 heteroatoms. The molecular weight excluding hydrogens is 179 g/mol. The summed E-state index contributed by atoms with van der Waals surface area (Å²) < 4.78 is 12.5. The first kappa shape index (κ1) is 10.7. The number of rotatable bonds is 4. The van der Waals surface area contributed by atoms with Crippen LogP contribution >= 0.6 is 0 Å². The molecule has 76 valence electrons. The SMILES string of the molecule is CCC/C(C)=N\Nc1ccc(F)cc1. The molecule has 0 aliphatic carbocycles. The van der Waals surface area contributed by atoms with E-state index in [1.165, 1.54) is 12.1 Å². The standard InChI is InChI=1S/C11H15FN2/c1-3-4-9(2)13-14-11-7-5-10(12)6-8-11/h5-8,14H,3-4H2,1-2H3/b13-9-. The van der Waals surface area contributed by atoms with Crippen LogP contribution in [0.4, 0.5) is 10.1 Å². The van der Waals surface area contributed by atoms with E-state index < -0.39 is 0 Å². The Morgan fingerprint density at radius 2 is 2.00 bits per heavy atom. The molecule has 14 heavy (non-hydrogen) atoms. The zero-order chi connectivity index (χ0) is 10.4. The minimum atomic E-state index is -0.232. The third kappa shape index (κ3) is 3.56. The highest BCUT2D eigenvalue weighted by Crippen LogP contribution is 2.08. The predicted octanol–water partition coefficient (Wildman–Crippen LogP) is 3.41. The van der Waals surface area contributed by atoms with Crippen LogP contribution in [0.1, 0.15) is 26.7 Å². The Balaban J connectivity index is 2.53. The Kier molecular flexibility index (Phi) is 4.11. The Hall–Kier alpha value is -1.38. The second-order valence-electron chi connectivity index (χ2n) is 3.22. The van der Waals surface area contributed by atoms with Crippen molar-refractivity contribution in [3.05, 3.63) is 30.1 Å². The van der Waals surface area contributed by atoms with Gasteiger partial charge < -0.3 is 0 Å². The highest BCUT2D eigenvalue weighted by Gasteiger charge is 1.92. The fourth-order valence-electron chi connectivity index (χ4n) is 1.10. The van der Waals surface area contributed by atoms with Gasteiger partial charge in [0.25, 0.3) is 0 Å². The third-order valence-electron chi connectivity index (χ3n) is 1.83. The lowest BCUT2D eigenvalue weighted by Gasteiger charge is -2.01. The topological polar surface area (TPSA) is 24.4 Å². The summed E-state index contributed by atoms with van der Waals surface area (Å²) in [6, 6.07) is 6.15. The smallest absolute Gasteiger partial charge is 0.123 e. The average molecular weight is 194 g/mol. The van der Waals surface area contributed by atoms with Crippen molar-refractivity contribution in [3.8, 4) is 0 Å². The summed E-state index contributed by atoms with van der Waals surface area (Å²) in [7, 11) is 0. The summed E-state index contributed by atoms with van der Waals surface area (Å²) in [5.41, 5.74) is 4.74. The Morgan fingerprint density at radius 1 is 1.36 bits per heavy atom. The molecule has 0 unspecified atom stereocenters. The van der Waals surface area contributed by atoms with Crippen molar-refractivity contribution >= 4 is 11.4 Å². The molecule has 0 saturated carbocycles. The van der Waals surface area contributed by atoms with E-state index in [1.807, 2.05) is 6.92 Å². The monoisotopic (exact) mass is 194 g/mol. The maximum absolute atomic E-state index is 12.5. The fraction of sp³-hybridized carbons (Fsp3) is 0.364. The van der Waals surface area contributed by atoms with Gasteiger partial charge in [0.1, 0.15) is 5.82 Å².